The van der Waals surface area contributed by atoms with Gasteiger partial charge in [0.15, 0.2) is 17.3 Å². The van der Waals surface area contributed by atoms with E-state index in [0.717, 1.165) is 5.69 Å². The van der Waals surface area contributed by atoms with Gasteiger partial charge in [0, 0.05) is 17.1 Å². The van der Waals surface area contributed by atoms with Gasteiger partial charge in [0.1, 0.15) is 5.69 Å². The van der Waals surface area contributed by atoms with Gasteiger partial charge in [-0.2, -0.15) is 0 Å². The number of fused-ring (bicyclic) bond motifs is 3. The summed E-state index contributed by atoms with van der Waals surface area (Å²) in [6, 6.07) is 12.4. The van der Waals surface area contributed by atoms with Crippen LogP contribution in [0.4, 0.5) is 0 Å². The van der Waals surface area contributed by atoms with Gasteiger partial charge in [0.05, 0.1) is 18.2 Å². The van der Waals surface area contributed by atoms with Gasteiger partial charge in [-0.1, -0.05) is 18.2 Å². The Morgan fingerprint density at radius 2 is 1.71 bits per heavy atom. The summed E-state index contributed by atoms with van der Waals surface area (Å²) in [5.41, 5.74) is 2.00. The van der Waals surface area contributed by atoms with Gasteiger partial charge in [0.2, 0.25) is 5.78 Å². The van der Waals surface area contributed by atoms with Crippen molar-refractivity contribution in [3.8, 4) is 17.2 Å². The molecule has 5 heteroatoms. The van der Waals surface area contributed by atoms with Crippen LogP contribution in [0.15, 0.2) is 54.6 Å². The standard InChI is InChI=1S/C19H13NO4/c1-24-17-10-13-12(9-16(17)23)18-14(21)7-8-15(22)19(18)20(13)11-5-3-2-4-6-11/h2-10,23H,1H3. The number of aromatic nitrogens is 1. The average molecular weight is 319 g/mol. The van der Waals surface area contributed by atoms with Gasteiger partial charge in [-0.15, -0.1) is 0 Å². The van der Waals surface area contributed by atoms with Crippen LogP contribution in [0.5, 0.6) is 11.5 Å². The van der Waals surface area contributed by atoms with Gasteiger partial charge in [-0.3, -0.25) is 9.59 Å². The lowest BCUT2D eigenvalue weighted by molar-refractivity contribution is 0.0991. The van der Waals surface area contributed by atoms with Crippen molar-refractivity contribution in [1.82, 2.24) is 4.57 Å². The van der Waals surface area contributed by atoms with Crippen molar-refractivity contribution in [2.45, 2.75) is 0 Å². The van der Waals surface area contributed by atoms with Gasteiger partial charge < -0.3 is 14.4 Å². The maximum absolute atomic E-state index is 12.5. The average Bonchev–Trinajstić information content (AvgIpc) is 2.93. The zero-order valence-corrected chi connectivity index (χ0v) is 12.8. The SMILES string of the molecule is COc1cc2c(cc1O)c1c(n2-c2ccccc2)C(=O)C=CC1=O. The molecule has 0 fully saturated rings. The normalized spacial score (nSPS) is 13.4. The highest BCUT2D eigenvalue weighted by Gasteiger charge is 2.29. The molecule has 4 rings (SSSR count). The number of para-hydroxylation sites is 1. The molecule has 0 amide bonds. The maximum Gasteiger partial charge on any atom is 0.203 e. The third-order valence-corrected chi connectivity index (χ3v) is 4.15. The number of carbonyl (C=O) groups excluding carboxylic acids is 2. The molecule has 1 N–H and O–H groups in total. The summed E-state index contributed by atoms with van der Waals surface area (Å²) in [5, 5.41) is 10.6. The molecule has 5 nitrogen and oxygen atoms in total. The van der Waals surface area contributed by atoms with Crippen molar-refractivity contribution in [2.75, 3.05) is 7.11 Å². The number of hydrogen-bond acceptors (Lipinski definition) is 4. The molecule has 1 aliphatic carbocycles. The molecule has 24 heavy (non-hydrogen) atoms. The molecule has 0 bridgehead atoms. The molecular weight excluding hydrogens is 306 g/mol. The number of ketones is 2. The number of phenolic OH excluding ortho intramolecular Hbond substituents is 1. The summed E-state index contributed by atoms with van der Waals surface area (Å²) in [4.78, 5) is 24.9. The van der Waals surface area contributed by atoms with E-state index in [9.17, 15) is 14.7 Å². The number of carbonyl (C=O) groups is 2. The van der Waals surface area contributed by atoms with E-state index < -0.39 is 0 Å². The summed E-state index contributed by atoms with van der Waals surface area (Å²) < 4.78 is 6.91. The fourth-order valence-electron chi connectivity index (χ4n) is 3.11. The molecule has 3 aromatic rings. The molecule has 1 aliphatic rings. The molecular formula is C19H13NO4. The van der Waals surface area contributed by atoms with Crippen LogP contribution in [-0.4, -0.2) is 28.3 Å². The Labute approximate surface area is 137 Å². The van der Waals surface area contributed by atoms with E-state index in [0.29, 0.717) is 22.2 Å². The van der Waals surface area contributed by atoms with Crippen LogP contribution in [0.1, 0.15) is 20.8 Å². The molecule has 0 spiro atoms. The first-order valence-corrected chi connectivity index (χ1v) is 7.39. The Kier molecular flexibility index (Phi) is 3.03. The van der Waals surface area contributed by atoms with Gasteiger partial charge in [-0.25, -0.2) is 0 Å². The summed E-state index contributed by atoms with van der Waals surface area (Å²) in [7, 11) is 1.45. The first-order chi connectivity index (χ1) is 11.6. The fourth-order valence-corrected chi connectivity index (χ4v) is 3.11. The van der Waals surface area contributed by atoms with Gasteiger partial charge >= 0.3 is 0 Å². The smallest absolute Gasteiger partial charge is 0.203 e. The molecule has 0 saturated heterocycles. The minimum absolute atomic E-state index is 0.0761. The van der Waals surface area contributed by atoms with Crippen molar-refractivity contribution in [1.29, 1.82) is 0 Å². The lowest BCUT2D eigenvalue weighted by atomic mass is 9.99. The van der Waals surface area contributed by atoms with Crippen LogP contribution in [-0.2, 0) is 0 Å². The number of nitrogens with zero attached hydrogens (tertiary/aromatic N) is 1. The Balaban J connectivity index is 2.20. The first kappa shape index (κ1) is 14.3. The number of benzene rings is 2. The number of hydrogen-bond donors (Lipinski definition) is 1. The summed E-state index contributed by atoms with van der Waals surface area (Å²) in [6.07, 6.45) is 2.54. The van der Waals surface area contributed by atoms with Crippen molar-refractivity contribution in [3.63, 3.8) is 0 Å². The number of ether oxygens (including phenoxy) is 1. The van der Waals surface area contributed by atoms with Gasteiger partial charge in [-0.05, 0) is 30.4 Å². The zero-order chi connectivity index (χ0) is 16.8. The van der Waals surface area contributed by atoms with Crippen LogP contribution in [0.2, 0.25) is 0 Å². The van der Waals surface area contributed by atoms with Crippen molar-refractivity contribution < 1.29 is 19.4 Å². The molecule has 0 saturated carbocycles. The first-order valence-electron chi connectivity index (χ1n) is 7.39. The molecule has 118 valence electrons. The predicted octanol–water partition coefficient (Wildman–Crippen LogP) is 3.28. The van der Waals surface area contributed by atoms with Crippen molar-refractivity contribution >= 4 is 22.5 Å². The van der Waals surface area contributed by atoms with Crippen LogP contribution in [0.25, 0.3) is 16.6 Å². The minimum Gasteiger partial charge on any atom is -0.504 e. The van der Waals surface area contributed by atoms with Crippen molar-refractivity contribution in [3.05, 3.63) is 65.9 Å². The molecule has 1 heterocycles. The van der Waals surface area contributed by atoms with E-state index in [4.69, 9.17) is 4.74 Å². The summed E-state index contributed by atoms with van der Waals surface area (Å²) in [6.45, 7) is 0. The van der Waals surface area contributed by atoms with E-state index in [1.807, 2.05) is 30.3 Å². The number of aromatic hydroxyl groups is 1. The number of methoxy groups -OCH3 is 1. The minimum atomic E-state index is -0.256. The number of allylic oxidation sites excluding steroid dienone is 2. The van der Waals surface area contributed by atoms with Gasteiger partial charge in [0.25, 0.3) is 0 Å². The van der Waals surface area contributed by atoms with Crippen LogP contribution in [0.3, 0.4) is 0 Å². The number of rotatable bonds is 2. The molecule has 0 aliphatic heterocycles. The summed E-state index contributed by atoms with van der Waals surface area (Å²) in [5.74, 6) is -0.299. The molecule has 2 aromatic carbocycles. The second-order valence-corrected chi connectivity index (χ2v) is 5.50. The largest absolute Gasteiger partial charge is 0.504 e. The molecule has 1 aromatic heterocycles. The third kappa shape index (κ3) is 1.88. The molecule has 0 unspecified atom stereocenters. The summed E-state index contributed by atoms with van der Waals surface area (Å²) >= 11 is 0. The Morgan fingerprint density at radius 1 is 1.00 bits per heavy atom. The van der Waals surface area contributed by atoms with E-state index >= 15 is 0 Å². The highest BCUT2D eigenvalue weighted by Crippen LogP contribution is 2.38. The second-order valence-electron chi connectivity index (χ2n) is 5.50. The van der Waals surface area contributed by atoms with Crippen LogP contribution in [0, 0.1) is 0 Å². The van der Waals surface area contributed by atoms with Crippen molar-refractivity contribution in [2.24, 2.45) is 0 Å². The Bertz CT molecular complexity index is 1030. The lowest BCUT2D eigenvalue weighted by Crippen LogP contribution is -2.14. The topological polar surface area (TPSA) is 68.5 Å². The zero-order valence-electron chi connectivity index (χ0n) is 12.8. The fraction of sp³-hybridized carbons (Fsp3) is 0.0526. The monoisotopic (exact) mass is 319 g/mol. The van der Waals surface area contributed by atoms with Crippen LogP contribution < -0.4 is 4.74 Å². The Hall–Kier alpha value is -3.34. The van der Waals surface area contributed by atoms with E-state index in [2.05, 4.69) is 0 Å². The maximum atomic E-state index is 12.5. The second kappa shape index (κ2) is 5.09. The highest BCUT2D eigenvalue weighted by molar-refractivity contribution is 6.27. The van der Waals surface area contributed by atoms with Crippen LogP contribution >= 0.6 is 0 Å². The quantitative estimate of drug-likeness (QED) is 0.787. The predicted molar refractivity (Wildman–Crippen MR) is 89.3 cm³/mol. The molecule has 0 radical (unpaired) electrons. The van der Waals surface area contributed by atoms with E-state index in [1.165, 1.54) is 25.3 Å². The molecule has 0 atom stereocenters. The highest BCUT2D eigenvalue weighted by atomic mass is 16.5. The lowest BCUT2D eigenvalue weighted by Gasteiger charge is -2.11. The Morgan fingerprint density at radius 3 is 2.42 bits per heavy atom. The number of phenols is 1. The van der Waals surface area contributed by atoms with E-state index in [1.54, 1.807) is 10.6 Å². The van der Waals surface area contributed by atoms with E-state index in [-0.39, 0.29) is 23.1 Å². The third-order valence-electron chi connectivity index (χ3n) is 4.15.